The lowest BCUT2D eigenvalue weighted by Crippen LogP contribution is -2.02. The zero-order chi connectivity index (χ0) is 16.8. The highest BCUT2D eigenvalue weighted by Crippen LogP contribution is 2.25. The standard InChI is InChI=1S/C19H19NO4/c1-22-13-15-4-2-3-14(11-15)9-10-23-17-7-5-16(6-8-17)18-12-19(21)20-24-18/h2-8,11-12H,9-10,13H2,1H3,(H,20,21). The van der Waals surface area contributed by atoms with Crippen LogP contribution in [0.3, 0.4) is 0 Å². The van der Waals surface area contributed by atoms with Crippen molar-refractivity contribution >= 4 is 0 Å². The molecule has 1 aromatic heterocycles. The summed E-state index contributed by atoms with van der Waals surface area (Å²) in [6.07, 6.45) is 0.829. The topological polar surface area (TPSA) is 64.7 Å². The van der Waals surface area contributed by atoms with Gasteiger partial charge in [0, 0.05) is 25.2 Å². The summed E-state index contributed by atoms with van der Waals surface area (Å²) in [4.78, 5) is 0. The van der Waals surface area contributed by atoms with E-state index >= 15 is 0 Å². The van der Waals surface area contributed by atoms with Crippen molar-refractivity contribution in [1.82, 2.24) is 5.16 Å². The number of aromatic nitrogens is 1. The van der Waals surface area contributed by atoms with E-state index in [1.54, 1.807) is 7.11 Å². The van der Waals surface area contributed by atoms with Gasteiger partial charge in [0.1, 0.15) is 5.75 Å². The summed E-state index contributed by atoms with van der Waals surface area (Å²) >= 11 is 0. The minimum atomic E-state index is -0.124. The summed E-state index contributed by atoms with van der Waals surface area (Å²) in [5.74, 6) is 1.19. The number of hydrogen-bond acceptors (Lipinski definition) is 5. The van der Waals surface area contributed by atoms with Crippen molar-refractivity contribution in [3.63, 3.8) is 0 Å². The molecule has 0 aliphatic carbocycles. The molecular weight excluding hydrogens is 306 g/mol. The Bertz CT molecular complexity index is 780. The number of hydrogen-bond donors (Lipinski definition) is 1. The summed E-state index contributed by atoms with van der Waals surface area (Å²) in [7, 11) is 1.69. The van der Waals surface area contributed by atoms with Crippen LogP contribution >= 0.6 is 0 Å². The zero-order valence-electron chi connectivity index (χ0n) is 13.4. The number of benzene rings is 2. The normalized spacial score (nSPS) is 10.7. The maximum absolute atomic E-state index is 9.21. The molecule has 0 saturated carbocycles. The molecular formula is C19H19NO4. The lowest BCUT2D eigenvalue weighted by Gasteiger charge is -2.08. The van der Waals surface area contributed by atoms with Gasteiger partial charge in [0.05, 0.1) is 13.2 Å². The molecule has 24 heavy (non-hydrogen) atoms. The van der Waals surface area contributed by atoms with Crippen LogP contribution in [-0.2, 0) is 17.8 Å². The second-order valence-electron chi connectivity index (χ2n) is 5.43. The first kappa shape index (κ1) is 16.1. The molecule has 2 aromatic carbocycles. The van der Waals surface area contributed by atoms with Gasteiger partial charge < -0.3 is 19.1 Å². The highest BCUT2D eigenvalue weighted by Gasteiger charge is 2.05. The third kappa shape index (κ3) is 4.14. The van der Waals surface area contributed by atoms with Gasteiger partial charge in [0.25, 0.3) is 5.88 Å². The lowest BCUT2D eigenvalue weighted by atomic mass is 10.1. The number of ether oxygens (including phenoxy) is 2. The van der Waals surface area contributed by atoms with Crippen molar-refractivity contribution in [2.24, 2.45) is 0 Å². The Kier molecular flexibility index (Phi) is 5.13. The monoisotopic (exact) mass is 325 g/mol. The van der Waals surface area contributed by atoms with Crippen molar-refractivity contribution in [3.8, 4) is 23.0 Å². The molecule has 0 aliphatic heterocycles. The highest BCUT2D eigenvalue weighted by atomic mass is 16.5. The molecule has 1 N–H and O–H groups in total. The van der Waals surface area contributed by atoms with Gasteiger partial charge >= 0.3 is 0 Å². The van der Waals surface area contributed by atoms with Crippen LogP contribution in [0.4, 0.5) is 0 Å². The van der Waals surface area contributed by atoms with Gasteiger partial charge in [-0.25, -0.2) is 0 Å². The van der Waals surface area contributed by atoms with Crippen LogP contribution in [0.2, 0.25) is 0 Å². The van der Waals surface area contributed by atoms with E-state index in [1.807, 2.05) is 36.4 Å². The van der Waals surface area contributed by atoms with Gasteiger partial charge in [0.2, 0.25) is 0 Å². The van der Waals surface area contributed by atoms with Gasteiger partial charge in [-0.05, 0) is 40.5 Å². The van der Waals surface area contributed by atoms with Crippen molar-refractivity contribution in [2.45, 2.75) is 13.0 Å². The predicted molar refractivity (Wildman–Crippen MR) is 90.0 cm³/mol. The predicted octanol–water partition coefficient (Wildman–Crippen LogP) is 3.82. The van der Waals surface area contributed by atoms with Gasteiger partial charge in [0.15, 0.2) is 5.76 Å². The largest absolute Gasteiger partial charge is 0.493 e. The molecule has 3 rings (SSSR count). The molecule has 124 valence electrons. The first-order valence-corrected chi connectivity index (χ1v) is 7.70. The molecule has 0 bridgehead atoms. The van der Waals surface area contributed by atoms with Crippen molar-refractivity contribution in [1.29, 1.82) is 0 Å². The maximum Gasteiger partial charge on any atom is 0.252 e. The van der Waals surface area contributed by atoms with Crippen molar-refractivity contribution in [3.05, 3.63) is 65.7 Å². The Labute approximate surface area is 140 Å². The molecule has 5 nitrogen and oxygen atoms in total. The Balaban J connectivity index is 1.54. The number of aromatic hydroxyl groups is 1. The third-order valence-corrected chi connectivity index (χ3v) is 3.60. The fraction of sp³-hybridized carbons (Fsp3) is 0.211. The molecule has 0 unspecified atom stereocenters. The Morgan fingerprint density at radius 3 is 2.54 bits per heavy atom. The molecule has 0 amide bonds. The smallest absolute Gasteiger partial charge is 0.252 e. The van der Waals surface area contributed by atoms with Crippen LogP contribution in [0.25, 0.3) is 11.3 Å². The summed E-state index contributed by atoms with van der Waals surface area (Å²) in [6, 6.07) is 17.3. The fourth-order valence-electron chi connectivity index (χ4n) is 2.45. The molecule has 0 radical (unpaired) electrons. The molecule has 0 saturated heterocycles. The van der Waals surface area contributed by atoms with Crippen LogP contribution in [0.15, 0.2) is 59.1 Å². The van der Waals surface area contributed by atoms with E-state index in [4.69, 9.17) is 14.0 Å². The Hall–Kier alpha value is -2.79. The van der Waals surface area contributed by atoms with Crippen LogP contribution in [0, 0.1) is 0 Å². The number of rotatable bonds is 7. The van der Waals surface area contributed by atoms with E-state index in [0.29, 0.717) is 19.0 Å². The van der Waals surface area contributed by atoms with Gasteiger partial charge in [-0.15, -0.1) is 0 Å². The van der Waals surface area contributed by atoms with Crippen molar-refractivity contribution in [2.75, 3.05) is 13.7 Å². The van der Waals surface area contributed by atoms with E-state index in [1.165, 1.54) is 11.6 Å². The Morgan fingerprint density at radius 1 is 1.04 bits per heavy atom. The summed E-state index contributed by atoms with van der Waals surface area (Å²) < 4.78 is 15.9. The third-order valence-electron chi connectivity index (χ3n) is 3.60. The minimum absolute atomic E-state index is 0.124. The molecule has 0 aliphatic rings. The first-order chi connectivity index (χ1) is 11.7. The van der Waals surface area contributed by atoms with Crippen LogP contribution < -0.4 is 4.74 Å². The van der Waals surface area contributed by atoms with Gasteiger partial charge in [-0.3, -0.25) is 0 Å². The molecule has 0 atom stereocenters. The van der Waals surface area contributed by atoms with Crippen LogP contribution in [0.5, 0.6) is 11.6 Å². The summed E-state index contributed by atoms with van der Waals surface area (Å²) in [5.41, 5.74) is 3.22. The SMILES string of the molecule is COCc1cccc(CCOc2ccc(-c3cc(O)no3)cc2)c1. The number of nitrogens with zero attached hydrogens (tertiary/aromatic N) is 1. The van der Waals surface area contributed by atoms with E-state index < -0.39 is 0 Å². The minimum Gasteiger partial charge on any atom is -0.493 e. The Morgan fingerprint density at radius 2 is 1.83 bits per heavy atom. The van der Waals surface area contributed by atoms with Gasteiger partial charge in [-0.2, -0.15) is 0 Å². The highest BCUT2D eigenvalue weighted by molar-refractivity contribution is 5.58. The second kappa shape index (κ2) is 7.66. The van der Waals surface area contributed by atoms with Crippen LogP contribution in [-0.4, -0.2) is 24.0 Å². The zero-order valence-corrected chi connectivity index (χ0v) is 13.4. The molecule has 0 fully saturated rings. The number of methoxy groups -OCH3 is 1. The summed E-state index contributed by atoms with van der Waals surface area (Å²) in [6.45, 7) is 1.21. The van der Waals surface area contributed by atoms with E-state index in [-0.39, 0.29) is 5.88 Å². The molecule has 5 heteroatoms. The first-order valence-electron chi connectivity index (χ1n) is 7.70. The lowest BCUT2D eigenvalue weighted by molar-refractivity contribution is 0.185. The fourth-order valence-corrected chi connectivity index (χ4v) is 2.45. The molecule has 1 heterocycles. The maximum atomic E-state index is 9.21. The molecule has 0 spiro atoms. The summed E-state index contributed by atoms with van der Waals surface area (Å²) in [5, 5.41) is 12.7. The molecule has 3 aromatic rings. The van der Waals surface area contributed by atoms with Crippen LogP contribution in [0.1, 0.15) is 11.1 Å². The van der Waals surface area contributed by atoms with Crippen molar-refractivity contribution < 1.29 is 19.1 Å². The second-order valence-corrected chi connectivity index (χ2v) is 5.43. The average molecular weight is 325 g/mol. The van der Waals surface area contributed by atoms with E-state index in [2.05, 4.69) is 17.3 Å². The van der Waals surface area contributed by atoms with E-state index in [9.17, 15) is 5.11 Å². The average Bonchev–Trinajstić information content (AvgIpc) is 3.03. The van der Waals surface area contributed by atoms with E-state index in [0.717, 1.165) is 23.3 Å². The van der Waals surface area contributed by atoms with Gasteiger partial charge in [-0.1, -0.05) is 24.3 Å². The quantitative estimate of drug-likeness (QED) is 0.715.